The normalized spacial score (nSPS) is 17.3. The van der Waals surface area contributed by atoms with Gasteiger partial charge in [-0.3, -0.25) is 0 Å². The molecule has 0 spiro atoms. The third-order valence-electron chi connectivity index (χ3n) is 1.22. The van der Waals surface area contributed by atoms with Crippen molar-refractivity contribution >= 4 is 6.29 Å². The summed E-state index contributed by atoms with van der Waals surface area (Å²) in [5, 5.41) is 10.0. The summed E-state index contributed by atoms with van der Waals surface area (Å²) < 4.78 is 0. The van der Waals surface area contributed by atoms with Crippen molar-refractivity contribution in [3.8, 4) is 6.07 Å². The SMILES string of the molecule is N#CC1=CNN(CC=O)C1. The second kappa shape index (κ2) is 2.99. The highest BCUT2D eigenvalue weighted by Crippen LogP contribution is 2.00. The van der Waals surface area contributed by atoms with Gasteiger partial charge >= 0.3 is 0 Å². The summed E-state index contributed by atoms with van der Waals surface area (Å²) in [4.78, 5) is 9.97. The molecule has 0 bridgehead atoms. The van der Waals surface area contributed by atoms with Gasteiger partial charge in [0.15, 0.2) is 0 Å². The van der Waals surface area contributed by atoms with Gasteiger partial charge in [-0.25, -0.2) is 5.01 Å². The standard InChI is InChI=1S/C6H7N3O/c7-3-6-4-8-9(5-6)1-2-10/h2,4,8H,1,5H2. The molecule has 4 heteroatoms. The van der Waals surface area contributed by atoms with E-state index in [9.17, 15) is 4.79 Å². The minimum Gasteiger partial charge on any atom is -0.324 e. The molecule has 0 fully saturated rings. The monoisotopic (exact) mass is 137 g/mol. The second-order valence-electron chi connectivity index (χ2n) is 1.96. The number of nitrogens with one attached hydrogen (secondary N) is 1. The predicted molar refractivity (Wildman–Crippen MR) is 34.5 cm³/mol. The lowest BCUT2D eigenvalue weighted by Crippen LogP contribution is -2.31. The molecule has 0 aromatic heterocycles. The van der Waals surface area contributed by atoms with Crippen molar-refractivity contribution in [1.82, 2.24) is 10.4 Å². The van der Waals surface area contributed by atoms with Gasteiger partial charge in [0.25, 0.3) is 0 Å². The number of nitriles is 1. The first-order chi connectivity index (χ1) is 4.86. The maximum absolute atomic E-state index is 9.97. The molecule has 0 aromatic carbocycles. The molecular weight excluding hydrogens is 130 g/mol. The summed E-state index contributed by atoms with van der Waals surface area (Å²) in [7, 11) is 0. The predicted octanol–water partition coefficient (Wildman–Crippen LogP) is -0.587. The number of carbonyl (C=O) groups excluding carboxylic acids is 1. The van der Waals surface area contributed by atoms with Crippen LogP contribution in [0.2, 0.25) is 0 Å². The van der Waals surface area contributed by atoms with Crippen molar-refractivity contribution in [2.24, 2.45) is 0 Å². The molecule has 1 heterocycles. The van der Waals surface area contributed by atoms with Crippen LogP contribution in [0.5, 0.6) is 0 Å². The molecule has 4 nitrogen and oxygen atoms in total. The van der Waals surface area contributed by atoms with E-state index < -0.39 is 0 Å². The lowest BCUT2D eigenvalue weighted by molar-refractivity contribution is -0.109. The summed E-state index contributed by atoms with van der Waals surface area (Å²) in [6, 6.07) is 1.99. The van der Waals surface area contributed by atoms with E-state index in [1.54, 1.807) is 11.2 Å². The van der Waals surface area contributed by atoms with Crippen molar-refractivity contribution in [2.45, 2.75) is 0 Å². The summed E-state index contributed by atoms with van der Waals surface area (Å²) in [5.74, 6) is 0. The van der Waals surface area contributed by atoms with E-state index in [4.69, 9.17) is 5.26 Å². The Morgan fingerprint density at radius 2 is 2.80 bits per heavy atom. The Morgan fingerprint density at radius 1 is 2.00 bits per heavy atom. The van der Waals surface area contributed by atoms with E-state index in [1.165, 1.54) is 0 Å². The Balaban J connectivity index is 2.38. The van der Waals surface area contributed by atoms with Crippen LogP contribution in [-0.4, -0.2) is 24.4 Å². The van der Waals surface area contributed by atoms with Crippen LogP contribution in [0.4, 0.5) is 0 Å². The van der Waals surface area contributed by atoms with Crippen LogP contribution in [0.15, 0.2) is 11.8 Å². The number of hydrazine groups is 1. The minimum atomic E-state index is 0.321. The molecule has 1 aliphatic heterocycles. The van der Waals surface area contributed by atoms with Crippen LogP contribution in [0.25, 0.3) is 0 Å². The highest BCUT2D eigenvalue weighted by Gasteiger charge is 2.11. The first kappa shape index (κ1) is 6.78. The summed E-state index contributed by atoms with van der Waals surface area (Å²) >= 11 is 0. The van der Waals surface area contributed by atoms with E-state index in [-0.39, 0.29) is 0 Å². The number of carbonyl (C=O) groups is 1. The molecule has 1 aliphatic rings. The van der Waals surface area contributed by atoms with Crippen molar-refractivity contribution in [1.29, 1.82) is 5.26 Å². The first-order valence-corrected chi connectivity index (χ1v) is 2.90. The van der Waals surface area contributed by atoms with Gasteiger partial charge in [0.1, 0.15) is 6.29 Å². The quantitative estimate of drug-likeness (QED) is 0.517. The highest BCUT2D eigenvalue weighted by atomic mass is 16.1. The zero-order valence-corrected chi connectivity index (χ0v) is 5.37. The van der Waals surface area contributed by atoms with Crippen LogP contribution in [-0.2, 0) is 4.79 Å². The number of hydrogen-bond donors (Lipinski definition) is 1. The average molecular weight is 137 g/mol. The zero-order valence-electron chi connectivity index (χ0n) is 5.37. The van der Waals surface area contributed by atoms with Crippen molar-refractivity contribution in [3.63, 3.8) is 0 Å². The third-order valence-corrected chi connectivity index (χ3v) is 1.22. The van der Waals surface area contributed by atoms with Crippen LogP contribution < -0.4 is 5.43 Å². The summed E-state index contributed by atoms with van der Waals surface area (Å²) in [6.45, 7) is 0.844. The van der Waals surface area contributed by atoms with Crippen molar-refractivity contribution < 1.29 is 4.79 Å². The number of aldehydes is 1. The molecule has 0 saturated heterocycles. The number of rotatable bonds is 2. The van der Waals surface area contributed by atoms with Gasteiger partial charge in [-0.2, -0.15) is 5.26 Å². The van der Waals surface area contributed by atoms with Gasteiger partial charge in [0.2, 0.25) is 0 Å². The Labute approximate surface area is 58.7 Å². The number of hydrogen-bond acceptors (Lipinski definition) is 4. The smallest absolute Gasteiger partial charge is 0.135 e. The van der Waals surface area contributed by atoms with E-state index in [0.717, 1.165) is 6.29 Å². The average Bonchev–Trinajstić information content (AvgIpc) is 2.37. The lowest BCUT2D eigenvalue weighted by Gasteiger charge is -2.10. The maximum Gasteiger partial charge on any atom is 0.135 e. The zero-order chi connectivity index (χ0) is 7.40. The van der Waals surface area contributed by atoms with Gasteiger partial charge < -0.3 is 10.2 Å². The molecule has 0 radical (unpaired) electrons. The van der Waals surface area contributed by atoms with Crippen molar-refractivity contribution in [2.75, 3.05) is 13.1 Å². The van der Waals surface area contributed by atoms with Gasteiger partial charge in [-0.15, -0.1) is 0 Å². The van der Waals surface area contributed by atoms with Gasteiger partial charge in [-0.1, -0.05) is 0 Å². The fraction of sp³-hybridized carbons (Fsp3) is 0.333. The Bertz CT molecular complexity index is 204. The van der Waals surface area contributed by atoms with Crippen LogP contribution in [0.3, 0.4) is 0 Å². The molecule has 52 valence electrons. The Hall–Kier alpha value is -1.34. The van der Waals surface area contributed by atoms with E-state index in [2.05, 4.69) is 5.43 Å². The van der Waals surface area contributed by atoms with Crippen LogP contribution in [0, 0.1) is 11.3 Å². The van der Waals surface area contributed by atoms with Gasteiger partial charge in [-0.05, 0) is 0 Å². The Morgan fingerprint density at radius 3 is 3.30 bits per heavy atom. The topological polar surface area (TPSA) is 56.1 Å². The molecule has 10 heavy (non-hydrogen) atoms. The Kier molecular flexibility index (Phi) is 2.03. The van der Waals surface area contributed by atoms with E-state index in [1.807, 2.05) is 6.07 Å². The molecule has 0 aromatic rings. The highest BCUT2D eigenvalue weighted by molar-refractivity contribution is 5.52. The molecule has 1 N–H and O–H groups in total. The third kappa shape index (κ3) is 1.33. The first-order valence-electron chi connectivity index (χ1n) is 2.90. The lowest BCUT2D eigenvalue weighted by atomic mass is 10.3. The fourth-order valence-electron chi connectivity index (χ4n) is 0.741. The minimum absolute atomic E-state index is 0.321. The van der Waals surface area contributed by atoms with Crippen LogP contribution in [0.1, 0.15) is 0 Å². The van der Waals surface area contributed by atoms with E-state index >= 15 is 0 Å². The van der Waals surface area contributed by atoms with Crippen molar-refractivity contribution in [3.05, 3.63) is 11.8 Å². The molecular formula is C6H7N3O. The fourth-order valence-corrected chi connectivity index (χ4v) is 0.741. The number of nitrogens with zero attached hydrogens (tertiary/aromatic N) is 2. The molecule has 0 unspecified atom stereocenters. The van der Waals surface area contributed by atoms with E-state index in [0.29, 0.717) is 18.7 Å². The summed E-state index contributed by atoms with van der Waals surface area (Å²) in [6.07, 6.45) is 2.39. The largest absolute Gasteiger partial charge is 0.324 e. The molecule has 0 amide bonds. The van der Waals surface area contributed by atoms with Crippen LogP contribution >= 0.6 is 0 Å². The second-order valence-corrected chi connectivity index (χ2v) is 1.96. The summed E-state index contributed by atoms with van der Waals surface area (Å²) in [5.41, 5.74) is 3.43. The van der Waals surface area contributed by atoms with Gasteiger partial charge in [0, 0.05) is 6.20 Å². The van der Waals surface area contributed by atoms with Gasteiger partial charge in [0.05, 0.1) is 24.7 Å². The maximum atomic E-state index is 9.97. The molecule has 0 atom stereocenters. The molecule has 0 aliphatic carbocycles. The molecule has 0 saturated carbocycles. The molecule has 1 rings (SSSR count).